The number of para-hydroxylation sites is 1. The number of phenols is 1. The van der Waals surface area contributed by atoms with E-state index in [1.165, 1.54) is 19.3 Å². The van der Waals surface area contributed by atoms with Gasteiger partial charge in [-0.1, -0.05) is 52.2 Å². The lowest BCUT2D eigenvalue weighted by molar-refractivity contribution is 0.0931. The van der Waals surface area contributed by atoms with Gasteiger partial charge in [0.1, 0.15) is 5.75 Å². The summed E-state index contributed by atoms with van der Waals surface area (Å²) in [5.74, 6) is -0.122. The van der Waals surface area contributed by atoms with E-state index in [-0.39, 0.29) is 17.1 Å². The predicted molar refractivity (Wildman–Crippen MR) is 83.1 cm³/mol. The average molecular weight is 277 g/mol. The van der Waals surface area contributed by atoms with Crippen LogP contribution in [0, 0.1) is 12.3 Å². The highest BCUT2D eigenvalue weighted by atomic mass is 16.3. The maximum atomic E-state index is 12.1. The zero-order chi connectivity index (χ0) is 15.2. The molecule has 0 aliphatic heterocycles. The second kappa shape index (κ2) is 7.32. The van der Waals surface area contributed by atoms with E-state index in [1.807, 2.05) is 0 Å². The molecule has 0 saturated carbocycles. The molecule has 0 spiro atoms. The number of rotatable bonds is 7. The van der Waals surface area contributed by atoms with Crippen LogP contribution in [-0.4, -0.2) is 17.6 Å². The lowest BCUT2D eigenvalue weighted by Gasteiger charge is -2.25. The lowest BCUT2D eigenvalue weighted by Crippen LogP contribution is -2.34. The van der Waals surface area contributed by atoms with Crippen molar-refractivity contribution in [3.8, 4) is 5.75 Å². The van der Waals surface area contributed by atoms with E-state index in [2.05, 4.69) is 26.1 Å². The first-order chi connectivity index (χ1) is 9.37. The summed E-state index contributed by atoms with van der Waals surface area (Å²) >= 11 is 0. The number of nitrogens with one attached hydrogen (secondary N) is 1. The van der Waals surface area contributed by atoms with Crippen molar-refractivity contribution in [2.45, 2.75) is 53.4 Å². The number of phenolic OH excluding ortho intramolecular Hbond substituents is 1. The molecular formula is C17H27NO2. The van der Waals surface area contributed by atoms with Gasteiger partial charge in [-0.2, -0.15) is 0 Å². The molecule has 1 aromatic rings. The molecule has 0 aliphatic rings. The highest BCUT2D eigenvalue weighted by molar-refractivity contribution is 5.97. The maximum absolute atomic E-state index is 12.1. The van der Waals surface area contributed by atoms with E-state index in [9.17, 15) is 9.90 Å². The standard InChI is InChI=1S/C17H27NO2/c1-5-6-7-11-17(3,4)12-18-16(20)14-10-8-9-13(2)15(14)19/h8-10,19H,5-7,11-12H2,1-4H3,(H,18,20). The third-order valence-corrected chi connectivity index (χ3v) is 3.67. The number of unbranched alkanes of at least 4 members (excludes halogenated alkanes) is 2. The molecule has 0 heterocycles. The van der Waals surface area contributed by atoms with Gasteiger partial charge in [0.15, 0.2) is 0 Å². The Morgan fingerprint density at radius 2 is 2.00 bits per heavy atom. The Hall–Kier alpha value is -1.51. The number of hydrogen-bond donors (Lipinski definition) is 2. The number of hydrogen-bond acceptors (Lipinski definition) is 2. The molecule has 0 aliphatic carbocycles. The molecule has 0 saturated heterocycles. The Kier molecular flexibility index (Phi) is 6.05. The molecule has 3 nitrogen and oxygen atoms in total. The van der Waals surface area contributed by atoms with Gasteiger partial charge < -0.3 is 10.4 Å². The zero-order valence-electron chi connectivity index (χ0n) is 13.1. The molecule has 1 aromatic carbocycles. The van der Waals surface area contributed by atoms with Crippen molar-refractivity contribution in [2.75, 3.05) is 6.54 Å². The summed E-state index contributed by atoms with van der Waals surface area (Å²) in [4.78, 5) is 12.1. The van der Waals surface area contributed by atoms with Crippen LogP contribution in [0.15, 0.2) is 18.2 Å². The summed E-state index contributed by atoms with van der Waals surface area (Å²) in [5.41, 5.74) is 1.17. The molecule has 1 rings (SSSR count). The largest absolute Gasteiger partial charge is 0.507 e. The Labute approximate surface area is 122 Å². The van der Waals surface area contributed by atoms with Crippen molar-refractivity contribution in [3.05, 3.63) is 29.3 Å². The zero-order valence-corrected chi connectivity index (χ0v) is 13.1. The summed E-state index contributed by atoms with van der Waals surface area (Å²) in [5, 5.41) is 12.8. The van der Waals surface area contributed by atoms with Gasteiger partial charge in [-0.15, -0.1) is 0 Å². The quantitative estimate of drug-likeness (QED) is 0.739. The Morgan fingerprint density at radius 3 is 2.65 bits per heavy atom. The topological polar surface area (TPSA) is 49.3 Å². The molecule has 2 N–H and O–H groups in total. The predicted octanol–water partition coefficient (Wildman–Crippen LogP) is 4.04. The third kappa shape index (κ3) is 4.87. The van der Waals surface area contributed by atoms with Crippen LogP contribution >= 0.6 is 0 Å². The fourth-order valence-electron chi connectivity index (χ4n) is 2.20. The van der Waals surface area contributed by atoms with Gasteiger partial charge in [-0.05, 0) is 30.4 Å². The molecule has 0 atom stereocenters. The molecule has 0 radical (unpaired) electrons. The fourth-order valence-corrected chi connectivity index (χ4v) is 2.20. The molecule has 1 amide bonds. The van der Waals surface area contributed by atoms with E-state index in [0.717, 1.165) is 12.0 Å². The van der Waals surface area contributed by atoms with Crippen LogP contribution in [-0.2, 0) is 0 Å². The number of amides is 1. The molecule has 0 fully saturated rings. The monoisotopic (exact) mass is 277 g/mol. The van der Waals surface area contributed by atoms with Crippen molar-refractivity contribution >= 4 is 5.91 Å². The van der Waals surface area contributed by atoms with E-state index in [0.29, 0.717) is 12.1 Å². The van der Waals surface area contributed by atoms with Crippen LogP contribution in [0.4, 0.5) is 0 Å². The SMILES string of the molecule is CCCCCC(C)(C)CNC(=O)c1cccc(C)c1O. The number of benzene rings is 1. The number of aromatic hydroxyl groups is 1. The highest BCUT2D eigenvalue weighted by Crippen LogP contribution is 2.24. The molecule has 0 aromatic heterocycles. The van der Waals surface area contributed by atoms with Crippen LogP contribution in [0.25, 0.3) is 0 Å². The number of carbonyl (C=O) groups is 1. The average Bonchev–Trinajstić information content (AvgIpc) is 2.39. The van der Waals surface area contributed by atoms with Gasteiger partial charge in [0.05, 0.1) is 5.56 Å². The Morgan fingerprint density at radius 1 is 1.30 bits per heavy atom. The van der Waals surface area contributed by atoms with Gasteiger partial charge in [0.2, 0.25) is 0 Å². The lowest BCUT2D eigenvalue weighted by atomic mass is 9.87. The van der Waals surface area contributed by atoms with E-state index in [1.54, 1.807) is 25.1 Å². The van der Waals surface area contributed by atoms with Crippen molar-refractivity contribution in [2.24, 2.45) is 5.41 Å². The maximum Gasteiger partial charge on any atom is 0.255 e. The molecule has 0 bridgehead atoms. The van der Waals surface area contributed by atoms with Crippen LogP contribution < -0.4 is 5.32 Å². The summed E-state index contributed by atoms with van der Waals surface area (Å²) in [6.07, 6.45) is 4.73. The minimum atomic E-state index is -0.199. The van der Waals surface area contributed by atoms with Gasteiger partial charge in [0.25, 0.3) is 5.91 Å². The van der Waals surface area contributed by atoms with Crippen molar-refractivity contribution in [3.63, 3.8) is 0 Å². The van der Waals surface area contributed by atoms with Crippen LogP contribution in [0.1, 0.15) is 62.4 Å². The Balaban J connectivity index is 2.56. The number of aryl methyl sites for hydroxylation is 1. The summed E-state index contributed by atoms with van der Waals surface area (Å²) in [7, 11) is 0. The molecule has 3 heteroatoms. The van der Waals surface area contributed by atoms with E-state index < -0.39 is 0 Å². The number of carbonyl (C=O) groups excluding carboxylic acids is 1. The van der Waals surface area contributed by atoms with Gasteiger partial charge >= 0.3 is 0 Å². The van der Waals surface area contributed by atoms with Gasteiger partial charge in [-0.3, -0.25) is 4.79 Å². The first-order valence-corrected chi connectivity index (χ1v) is 7.44. The smallest absolute Gasteiger partial charge is 0.255 e. The first kappa shape index (κ1) is 16.5. The summed E-state index contributed by atoms with van der Waals surface area (Å²) in [6.45, 7) is 8.94. The van der Waals surface area contributed by atoms with Crippen molar-refractivity contribution in [1.29, 1.82) is 0 Å². The second-order valence-electron chi connectivity index (χ2n) is 6.28. The van der Waals surface area contributed by atoms with E-state index >= 15 is 0 Å². The van der Waals surface area contributed by atoms with Gasteiger partial charge in [0, 0.05) is 6.54 Å². The van der Waals surface area contributed by atoms with Crippen molar-refractivity contribution < 1.29 is 9.90 Å². The van der Waals surface area contributed by atoms with Gasteiger partial charge in [-0.25, -0.2) is 0 Å². The van der Waals surface area contributed by atoms with Crippen molar-refractivity contribution in [1.82, 2.24) is 5.32 Å². The normalized spacial score (nSPS) is 11.4. The second-order valence-corrected chi connectivity index (χ2v) is 6.28. The highest BCUT2D eigenvalue weighted by Gasteiger charge is 2.20. The van der Waals surface area contributed by atoms with Crippen LogP contribution in [0.3, 0.4) is 0 Å². The fraction of sp³-hybridized carbons (Fsp3) is 0.588. The van der Waals surface area contributed by atoms with Crippen LogP contribution in [0.5, 0.6) is 5.75 Å². The third-order valence-electron chi connectivity index (χ3n) is 3.67. The Bertz CT molecular complexity index is 452. The first-order valence-electron chi connectivity index (χ1n) is 7.44. The molecular weight excluding hydrogens is 250 g/mol. The summed E-state index contributed by atoms with van der Waals surface area (Å²) in [6, 6.07) is 5.24. The van der Waals surface area contributed by atoms with E-state index in [4.69, 9.17) is 0 Å². The minimum absolute atomic E-state index is 0.0776. The molecule has 0 unspecified atom stereocenters. The van der Waals surface area contributed by atoms with Crippen LogP contribution in [0.2, 0.25) is 0 Å². The minimum Gasteiger partial charge on any atom is -0.507 e. The molecule has 20 heavy (non-hydrogen) atoms. The molecule has 112 valence electrons. The summed E-state index contributed by atoms with van der Waals surface area (Å²) < 4.78 is 0.